The van der Waals surface area contributed by atoms with Crippen LogP contribution in [-0.2, 0) is 10.0 Å². The van der Waals surface area contributed by atoms with Gasteiger partial charge in [0.2, 0.25) is 10.0 Å². The van der Waals surface area contributed by atoms with Crippen LogP contribution in [0.25, 0.3) is 0 Å². The fourth-order valence-electron chi connectivity index (χ4n) is 2.91. The lowest BCUT2D eigenvalue weighted by molar-refractivity contribution is 0.151. The number of guanidine groups is 1. The van der Waals surface area contributed by atoms with Gasteiger partial charge in [0, 0.05) is 19.6 Å². The monoisotopic (exact) mass is 288 g/mol. The Balaban J connectivity index is 1.93. The van der Waals surface area contributed by atoms with E-state index in [-0.39, 0.29) is 12.3 Å². The van der Waals surface area contributed by atoms with E-state index < -0.39 is 10.0 Å². The fourth-order valence-corrected chi connectivity index (χ4v) is 3.25. The molecule has 19 heavy (non-hydrogen) atoms. The first-order valence-electron chi connectivity index (χ1n) is 6.98. The third-order valence-electron chi connectivity index (χ3n) is 4.12. The highest BCUT2D eigenvalue weighted by atomic mass is 32.2. The second-order valence-corrected chi connectivity index (χ2v) is 7.36. The highest BCUT2D eigenvalue weighted by molar-refractivity contribution is 7.89. The highest BCUT2D eigenvalue weighted by Crippen LogP contribution is 2.47. The molecule has 110 valence electrons. The smallest absolute Gasteiger partial charge is 0.210 e. The normalized spacial score (nSPS) is 22.6. The number of nitrogens with zero attached hydrogens (tertiary/aromatic N) is 2. The van der Waals surface area contributed by atoms with Crippen molar-refractivity contribution >= 4 is 16.0 Å². The predicted molar refractivity (Wildman–Crippen MR) is 76.4 cm³/mol. The van der Waals surface area contributed by atoms with Crippen molar-refractivity contribution in [3.8, 4) is 0 Å². The maximum absolute atomic E-state index is 10.9. The zero-order valence-corrected chi connectivity index (χ0v) is 12.4. The van der Waals surface area contributed by atoms with Gasteiger partial charge in [0.15, 0.2) is 5.96 Å². The van der Waals surface area contributed by atoms with Crippen molar-refractivity contribution in [1.82, 2.24) is 10.2 Å². The molecule has 2 rings (SSSR count). The van der Waals surface area contributed by atoms with Gasteiger partial charge in [-0.3, -0.25) is 4.99 Å². The molecule has 1 heterocycles. The molecule has 1 spiro atoms. The van der Waals surface area contributed by atoms with E-state index >= 15 is 0 Å². The molecule has 2 fully saturated rings. The van der Waals surface area contributed by atoms with Crippen molar-refractivity contribution in [2.75, 3.05) is 31.9 Å². The van der Waals surface area contributed by atoms with Gasteiger partial charge in [-0.05, 0) is 31.6 Å². The first-order chi connectivity index (χ1) is 8.94. The number of hydrogen-bond donors (Lipinski definition) is 2. The third kappa shape index (κ3) is 3.82. The summed E-state index contributed by atoms with van der Waals surface area (Å²) in [5.41, 5.74) is 0.510. The summed E-state index contributed by atoms with van der Waals surface area (Å²) in [6.45, 7) is 5.10. The molecule has 2 aliphatic rings. The van der Waals surface area contributed by atoms with Gasteiger partial charge in [0.05, 0.1) is 12.3 Å². The number of hydrogen-bond acceptors (Lipinski definition) is 3. The number of likely N-dealkylation sites (tertiary alicyclic amines) is 1. The summed E-state index contributed by atoms with van der Waals surface area (Å²) >= 11 is 0. The van der Waals surface area contributed by atoms with Gasteiger partial charge >= 0.3 is 0 Å². The van der Waals surface area contributed by atoms with Gasteiger partial charge in [-0.25, -0.2) is 13.6 Å². The van der Waals surface area contributed by atoms with Gasteiger partial charge in [-0.15, -0.1) is 0 Å². The van der Waals surface area contributed by atoms with Crippen LogP contribution in [0.5, 0.6) is 0 Å². The van der Waals surface area contributed by atoms with E-state index in [0.29, 0.717) is 5.41 Å². The predicted octanol–water partition coefficient (Wildman–Crippen LogP) is 0.116. The number of sulfonamides is 1. The first kappa shape index (κ1) is 14.6. The Morgan fingerprint density at radius 1 is 1.42 bits per heavy atom. The zero-order chi connectivity index (χ0) is 13.9. The van der Waals surface area contributed by atoms with Crippen molar-refractivity contribution in [2.24, 2.45) is 15.5 Å². The standard InChI is InChI=1S/C12H24N4O2S/c1-2-14-11(15-7-9-19(13,17)18)16-8-6-12(10-16)4-3-5-12/h2-10H2,1H3,(H,14,15)(H2,13,17,18). The van der Waals surface area contributed by atoms with E-state index in [4.69, 9.17) is 5.14 Å². The van der Waals surface area contributed by atoms with E-state index in [1.807, 2.05) is 6.92 Å². The molecule has 7 heteroatoms. The van der Waals surface area contributed by atoms with Crippen LogP contribution < -0.4 is 10.5 Å². The lowest BCUT2D eigenvalue weighted by atomic mass is 9.68. The molecular weight excluding hydrogens is 264 g/mol. The van der Waals surface area contributed by atoms with Crippen LogP contribution in [0, 0.1) is 5.41 Å². The fraction of sp³-hybridized carbons (Fsp3) is 0.917. The van der Waals surface area contributed by atoms with Crippen LogP contribution in [0.15, 0.2) is 4.99 Å². The summed E-state index contributed by atoms with van der Waals surface area (Å²) in [5.74, 6) is 0.732. The number of primary sulfonamides is 1. The molecule has 3 N–H and O–H groups in total. The number of rotatable bonds is 4. The van der Waals surface area contributed by atoms with Gasteiger partial charge in [-0.1, -0.05) is 6.42 Å². The summed E-state index contributed by atoms with van der Waals surface area (Å²) in [7, 11) is -3.43. The van der Waals surface area contributed by atoms with Crippen molar-refractivity contribution < 1.29 is 8.42 Å². The zero-order valence-electron chi connectivity index (χ0n) is 11.6. The number of nitrogens with two attached hydrogens (primary N) is 1. The molecule has 6 nitrogen and oxygen atoms in total. The van der Waals surface area contributed by atoms with E-state index in [0.717, 1.165) is 25.6 Å². The maximum Gasteiger partial charge on any atom is 0.210 e. The van der Waals surface area contributed by atoms with E-state index in [1.165, 1.54) is 25.7 Å². The largest absolute Gasteiger partial charge is 0.357 e. The van der Waals surface area contributed by atoms with Crippen LogP contribution in [0.4, 0.5) is 0 Å². The Bertz CT molecular complexity index is 443. The Kier molecular flexibility index (Phi) is 4.35. The summed E-state index contributed by atoms with van der Waals surface area (Å²) < 4.78 is 21.8. The molecular formula is C12H24N4O2S. The van der Waals surface area contributed by atoms with Crippen molar-refractivity contribution in [2.45, 2.75) is 32.6 Å². The van der Waals surface area contributed by atoms with Crippen LogP contribution in [0.1, 0.15) is 32.6 Å². The van der Waals surface area contributed by atoms with Crippen LogP contribution in [-0.4, -0.2) is 51.2 Å². The highest BCUT2D eigenvalue weighted by Gasteiger charge is 2.43. The molecule has 1 aliphatic heterocycles. The first-order valence-corrected chi connectivity index (χ1v) is 8.69. The molecule has 1 saturated heterocycles. The summed E-state index contributed by atoms with van der Waals surface area (Å²) in [6, 6.07) is 0. The Labute approximate surface area is 115 Å². The van der Waals surface area contributed by atoms with E-state index in [1.54, 1.807) is 0 Å². The molecule has 0 atom stereocenters. The number of nitrogens with one attached hydrogen (secondary N) is 1. The minimum atomic E-state index is -3.43. The Morgan fingerprint density at radius 3 is 2.63 bits per heavy atom. The average Bonchev–Trinajstić information content (AvgIpc) is 2.71. The Hall–Kier alpha value is -0.820. The minimum Gasteiger partial charge on any atom is -0.357 e. The van der Waals surface area contributed by atoms with Crippen molar-refractivity contribution in [1.29, 1.82) is 0 Å². The van der Waals surface area contributed by atoms with Crippen molar-refractivity contribution in [3.63, 3.8) is 0 Å². The lowest BCUT2D eigenvalue weighted by Gasteiger charge is -2.38. The SMILES string of the molecule is CCNC(=NCCS(N)(=O)=O)N1CCC2(CCC2)C1. The molecule has 0 amide bonds. The molecule has 0 radical (unpaired) electrons. The lowest BCUT2D eigenvalue weighted by Crippen LogP contribution is -2.42. The summed E-state index contributed by atoms with van der Waals surface area (Å²) in [5, 5.41) is 8.23. The Morgan fingerprint density at radius 2 is 2.16 bits per heavy atom. The summed E-state index contributed by atoms with van der Waals surface area (Å²) in [6.07, 6.45) is 5.21. The van der Waals surface area contributed by atoms with Crippen molar-refractivity contribution in [3.05, 3.63) is 0 Å². The molecule has 0 aromatic heterocycles. The maximum atomic E-state index is 10.9. The van der Waals surface area contributed by atoms with Gasteiger partial charge in [-0.2, -0.15) is 0 Å². The molecule has 0 aromatic rings. The van der Waals surface area contributed by atoms with Crippen LogP contribution in [0.2, 0.25) is 0 Å². The minimum absolute atomic E-state index is 0.0964. The molecule has 1 aliphatic carbocycles. The molecule has 0 unspecified atom stereocenters. The molecule has 1 saturated carbocycles. The third-order valence-corrected chi connectivity index (χ3v) is 4.88. The van der Waals surface area contributed by atoms with Gasteiger partial charge < -0.3 is 10.2 Å². The number of aliphatic imine (C=N–C) groups is 1. The van der Waals surface area contributed by atoms with Crippen LogP contribution >= 0.6 is 0 Å². The van der Waals surface area contributed by atoms with Crippen LogP contribution in [0.3, 0.4) is 0 Å². The second-order valence-electron chi connectivity index (χ2n) is 5.63. The second kappa shape index (κ2) is 5.66. The summed E-state index contributed by atoms with van der Waals surface area (Å²) in [4.78, 5) is 6.63. The average molecular weight is 288 g/mol. The van der Waals surface area contributed by atoms with Gasteiger partial charge in [0.1, 0.15) is 0 Å². The topological polar surface area (TPSA) is 87.8 Å². The molecule has 0 bridgehead atoms. The van der Waals surface area contributed by atoms with E-state index in [2.05, 4.69) is 15.2 Å². The van der Waals surface area contributed by atoms with Gasteiger partial charge in [0.25, 0.3) is 0 Å². The molecule has 0 aromatic carbocycles. The quantitative estimate of drug-likeness (QED) is 0.568. The van der Waals surface area contributed by atoms with E-state index in [9.17, 15) is 8.42 Å².